The van der Waals surface area contributed by atoms with Crippen LogP contribution in [0.1, 0.15) is 6.42 Å². The first-order chi connectivity index (χ1) is 12.8. The van der Waals surface area contributed by atoms with Gasteiger partial charge in [0.05, 0.1) is 17.8 Å². The lowest BCUT2D eigenvalue weighted by Crippen LogP contribution is -2.32. The molecule has 1 amide bonds. The minimum atomic E-state index is -0.00135. The van der Waals surface area contributed by atoms with Gasteiger partial charge in [-0.3, -0.25) is 9.78 Å². The van der Waals surface area contributed by atoms with Crippen LogP contribution in [0.15, 0.2) is 65.8 Å². The van der Waals surface area contributed by atoms with Gasteiger partial charge in [-0.2, -0.15) is 0 Å². The number of thioether (sulfide) groups is 1. The highest BCUT2D eigenvalue weighted by atomic mass is 32.2. The van der Waals surface area contributed by atoms with Crippen LogP contribution in [0.4, 0.5) is 0 Å². The Kier molecular flexibility index (Phi) is 5.02. The molecule has 0 spiro atoms. The van der Waals surface area contributed by atoms with Gasteiger partial charge in [-0.15, -0.1) is 11.8 Å². The molecule has 3 heterocycles. The lowest BCUT2D eigenvalue weighted by molar-refractivity contribution is -0.127. The SMILES string of the molecule is O=C(CSc1ccncc1)N1CCC(Oc2ccc3ccccc3n2)C1. The number of pyridine rings is 2. The van der Waals surface area contributed by atoms with Crippen LogP contribution in [-0.2, 0) is 4.79 Å². The predicted molar refractivity (Wildman–Crippen MR) is 102 cm³/mol. The fourth-order valence-corrected chi connectivity index (χ4v) is 3.79. The predicted octanol–water partition coefficient (Wildman–Crippen LogP) is 3.40. The zero-order valence-corrected chi connectivity index (χ0v) is 15.1. The van der Waals surface area contributed by atoms with Crippen LogP contribution in [0.3, 0.4) is 0 Å². The van der Waals surface area contributed by atoms with E-state index in [-0.39, 0.29) is 12.0 Å². The molecule has 1 aromatic carbocycles. The van der Waals surface area contributed by atoms with Crippen molar-refractivity contribution in [3.8, 4) is 5.88 Å². The van der Waals surface area contributed by atoms with Gasteiger partial charge in [-0.25, -0.2) is 4.98 Å². The monoisotopic (exact) mass is 365 g/mol. The van der Waals surface area contributed by atoms with Crippen molar-refractivity contribution in [1.82, 2.24) is 14.9 Å². The normalized spacial score (nSPS) is 16.8. The molecule has 26 heavy (non-hydrogen) atoms. The Morgan fingerprint density at radius 2 is 2.00 bits per heavy atom. The molecule has 1 aliphatic heterocycles. The molecule has 132 valence electrons. The van der Waals surface area contributed by atoms with Gasteiger partial charge in [0.1, 0.15) is 6.10 Å². The summed E-state index contributed by atoms with van der Waals surface area (Å²) in [5, 5.41) is 1.09. The minimum absolute atomic E-state index is 0.00135. The zero-order valence-electron chi connectivity index (χ0n) is 14.2. The minimum Gasteiger partial charge on any atom is -0.472 e. The molecule has 2 aromatic heterocycles. The van der Waals surface area contributed by atoms with Crippen LogP contribution in [-0.4, -0.2) is 45.7 Å². The van der Waals surface area contributed by atoms with E-state index in [0.717, 1.165) is 28.8 Å². The number of likely N-dealkylation sites (tertiary alicyclic amines) is 1. The molecule has 4 rings (SSSR count). The lowest BCUT2D eigenvalue weighted by Gasteiger charge is -2.17. The fraction of sp³-hybridized carbons (Fsp3) is 0.250. The van der Waals surface area contributed by atoms with Gasteiger partial charge in [0, 0.05) is 41.7 Å². The average Bonchev–Trinajstić information content (AvgIpc) is 3.15. The van der Waals surface area contributed by atoms with Gasteiger partial charge in [-0.1, -0.05) is 18.2 Å². The van der Waals surface area contributed by atoms with Crippen LogP contribution in [0.2, 0.25) is 0 Å². The summed E-state index contributed by atoms with van der Waals surface area (Å²) in [6.07, 6.45) is 4.31. The van der Waals surface area contributed by atoms with Gasteiger partial charge < -0.3 is 9.64 Å². The number of benzene rings is 1. The van der Waals surface area contributed by atoms with E-state index in [0.29, 0.717) is 18.2 Å². The molecule has 0 saturated carbocycles. The number of fused-ring (bicyclic) bond motifs is 1. The molecule has 0 radical (unpaired) electrons. The van der Waals surface area contributed by atoms with Crippen LogP contribution < -0.4 is 4.74 Å². The van der Waals surface area contributed by atoms with Gasteiger partial charge in [-0.05, 0) is 24.3 Å². The number of carbonyl (C=O) groups excluding carboxylic acids is 1. The molecular formula is C20H19N3O2S. The van der Waals surface area contributed by atoms with Crippen molar-refractivity contribution >= 4 is 28.6 Å². The average molecular weight is 365 g/mol. The first-order valence-corrected chi connectivity index (χ1v) is 9.59. The van der Waals surface area contributed by atoms with E-state index in [9.17, 15) is 4.79 Å². The Bertz CT molecular complexity index is 904. The van der Waals surface area contributed by atoms with Crippen molar-refractivity contribution in [2.75, 3.05) is 18.8 Å². The van der Waals surface area contributed by atoms with E-state index < -0.39 is 0 Å². The number of amides is 1. The Balaban J connectivity index is 1.32. The van der Waals surface area contributed by atoms with E-state index in [1.54, 1.807) is 12.4 Å². The van der Waals surface area contributed by atoms with E-state index in [4.69, 9.17) is 4.74 Å². The third kappa shape index (κ3) is 3.96. The van der Waals surface area contributed by atoms with E-state index in [2.05, 4.69) is 9.97 Å². The van der Waals surface area contributed by atoms with Crippen molar-refractivity contribution in [2.45, 2.75) is 17.4 Å². The second-order valence-electron chi connectivity index (χ2n) is 6.18. The highest BCUT2D eigenvalue weighted by Gasteiger charge is 2.27. The van der Waals surface area contributed by atoms with Crippen LogP contribution >= 0.6 is 11.8 Å². The summed E-state index contributed by atoms with van der Waals surface area (Å²) >= 11 is 1.54. The molecule has 5 nitrogen and oxygen atoms in total. The third-order valence-corrected chi connectivity index (χ3v) is 5.37. The Hall–Kier alpha value is -2.60. The van der Waals surface area contributed by atoms with Crippen molar-refractivity contribution in [2.24, 2.45) is 0 Å². The molecule has 1 fully saturated rings. The highest BCUT2D eigenvalue weighted by Crippen LogP contribution is 2.22. The molecule has 1 unspecified atom stereocenters. The molecule has 1 saturated heterocycles. The Morgan fingerprint density at radius 3 is 2.88 bits per heavy atom. The number of aromatic nitrogens is 2. The highest BCUT2D eigenvalue weighted by molar-refractivity contribution is 8.00. The van der Waals surface area contributed by atoms with E-state index in [1.807, 2.05) is 53.4 Å². The van der Waals surface area contributed by atoms with Gasteiger partial charge >= 0.3 is 0 Å². The number of para-hydroxylation sites is 1. The van der Waals surface area contributed by atoms with Crippen molar-refractivity contribution < 1.29 is 9.53 Å². The number of hydrogen-bond acceptors (Lipinski definition) is 5. The Labute approximate surface area is 156 Å². The van der Waals surface area contributed by atoms with Gasteiger partial charge in [0.25, 0.3) is 0 Å². The number of hydrogen-bond donors (Lipinski definition) is 0. The summed E-state index contributed by atoms with van der Waals surface area (Å²) in [5.41, 5.74) is 0.921. The van der Waals surface area contributed by atoms with Crippen LogP contribution in [0.5, 0.6) is 5.88 Å². The maximum Gasteiger partial charge on any atom is 0.233 e. The molecule has 0 N–H and O–H groups in total. The van der Waals surface area contributed by atoms with E-state index in [1.165, 1.54) is 11.8 Å². The summed E-state index contributed by atoms with van der Waals surface area (Å²) in [7, 11) is 0. The fourth-order valence-electron chi connectivity index (χ4n) is 3.01. The van der Waals surface area contributed by atoms with Crippen molar-refractivity contribution in [1.29, 1.82) is 0 Å². The number of carbonyl (C=O) groups is 1. The standard InChI is InChI=1S/C20H19N3O2S/c24-20(14-26-17-7-10-21-11-8-17)23-12-9-16(13-23)25-19-6-5-15-3-1-2-4-18(15)22-19/h1-8,10-11,16H,9,12-14H2. The number of nitrogens with zero attached hydrogens (tertiary/aromatic N) is 3. The van der Waals surface area contributed by atoms with Crippen molar-refractivity contribution in [3.05, 3.63) is 60.9 Å². The Morgan fingerprint density at radius 1 is 1.15 bits per heavy atom. The molecule has 0 aliphatic carbocycles. The molecule has 3 aromatic rings. The molecule has 0 bridgehead atoms. The molecule has 6 heteroatoms. The summed E-state index contributed by atoms with van der Waals surface area (Å²) in [6.45, 7) is 1.35. The summed E-state index contributed by atoms with van der Waals surface area (Å²) in [6, 6.07) is 15.7. The number of ether oxygens (including phenoxy) is 1. The quantitative estimate of drug-likeness (QED) is 0.649. The molecule has 1 aliphatic rings. The van der Waals surface area contributed by atoms with Crippen LogP contribution in [0, 0.1) is 0 Å². The zero-order chi connectivity index (χ0) is 17.8. The molecule has 1 atom stereocenters. The van der Waals surface area contributed by atoms with Crippen LogP contribution in [0.25, 0.3) is 10.9 Å². The summed E-state index contributed by atoms with van der Waals surface area (Å²) in [5.74, 6) is 1.20. The maximum atomic E-state index is 12.4. The van der Waals surface area contributed by atoms with Crippen molar-refractivity contribution in [3.63, 3.8) is 0 Å². The maximum absolute atomic E-state index is 12.4. The third-order valence-electron chi connectivity index (χ3n) is 4.37. The van der Waals surface area contributed by atoms with Gasteiger partial charge in [0.2, 0.25) is 11.8 Å². The number of rotatable bonds is 5. The topological polar surface area (TPSA) is 55.3 Å². The van der Waals surface area contributed by atoms with E-state index >= 15 is 0 Å². The smallest absolute Gasteiger partial charge is 0.233 e. The largest absolute Gasteiger partial charge is 0.472 e. The summed E-state index contributed by atoms with van der Waals surface area (Å²) in [4.78, 5) is 23.9. The molecular weight excluding hydrogens is 346 g/mol. The summed E-state index contributed by atoms with van der Waals surface area (Å²) < 4.78 is 6.01. The second kappa shape index (κ2) is 7.74. The first-order valence-electron chi connectivity index (χ1n) is 8.61. The first kappa shape index (κ1) is 16.8. The lowest BCUT2D eigenvalue weighted by atomic mass is 10.2. The second-order valence-corrected chi connectivity index (χ2v) is 7.23. The van der Waals surface area contributed by atoms with Gasteiger partial charge in [0.15, 0.2) is 0 Å².